The third-order valence-corrected chi connectivity index (χ3v) is 4.13. The van der Waals surface area contributed by atoms with Crippen LogP contribution in [0.2, 0.25) is 0 Å². The van der Waals surface area contributed by atoms with E-state index in [9.17, 15) is 9.59 Å². The number of nitrogens with two attached hydrogens (primary N) is 1. The van der Waals surface area contributed by atoms with Gasteiger partial charge in [-0.1, -0.05) is 12.1 Å². The van der Waals surface area contributed by atoms with Crippen molar-refractivity contribution in [2.45, 2.75) is 44.7 Å². The van der Waals surface area contributed by atoms with E-state index in [2.05, 4.69) is 0 Å². The monoisotopic (exact) mass is 258 g/mol. The van der Waals surface area contributed by atoms with E-state index < -0.39 is 0 Å². The number of hydrogen-bond acceptors (Lipinski definition) is 3. The zero-order chi connectivity index (χ0) is 13.4. The van der Waals surface area contributed by atoms with Gasteiger partial charge in [0.15, 0.2) is 0 Å². The van der Waals surface area contributed by atoms with Gasteiger partial charge in [0.25, 0.3) is 0 Å². The molecule has 2 aliphatic rings. The van der Waals surface area contributed by atoms with Gasteiger partial charge in [-0.2, -0.15) is 0 Å². The van der Waals surface area contributed by atoms with Crippen molar-refractivity contribution in [1.82, 2.24) is 0 Å². The molecule has 0 spiro atoms. The van der Waals surface area contributed by atoms with Crippen molar-refractivity contribution in [2.75, 3.05) is 4.90 Å². The van der Waals surface area contributed by atoms with Crippen LogP contribution in [0.25, 0.3) is 0 Å². The first-order chi connectivity index (χ1) is 9.19. The Morgan fingerprint density at radius 2 is 1.95 bits per heavy atom. The first-order valence-corrected chi connectivity index (χ1v) is 6.84. The van der Waals surface area contributed by atoms with E-state index in [0.717, 1.165) is 29.7 Å². The Labute approximate surface area is 112 Å². The highest BCUT2D eigenvalue weighted by Crippen LogP contribution is 2.35. The van der Waals surface area contributed by atoms with Gasteiger partial charge < -0.3 is 10.6 Å². The summed E-state index contributed by atoms with van der Waals surface area (Å²) in [5, 5.41) is 0. The molecule has 100 valence electrons. The van der Waals surface area contributed by atoms with E-state index in [0.29, 0.717) is 31.6 Å². The SMILES string of the molecule is NCc1ccc2c(c1)CC(=O)N2C1CCC(=O)CC1. The van der Waals surface area contributed by atoms with Crippen molar-refractivity contribution in [3.63, 3.8) is 0 Å². The summed E-state index contributed by atoms with van der Waals surface area (Å²) in [7, 11) is 0. The maximum atomic E-state index is 12.2. The summed E-state index contributed by atoms with van der Waals surface area (Å²) < 4.78 is 0. The molecule has 1 amide bonds. The Kier molecular flexibility index (Phi) is 3.11. The van der Waals surface area contributed by atoms with E-state index in [1.54, 1.807) is 0 Å². The molecule has 2 N–H and O–H groups in total. The first-order valence-electron chi connectivity index (χ1n) is 6.84. The lowest BCUT2D eigenvalue weighted by atomic mass is 9.93. The maximum Gasteiger partial charge on any atom is 0.231 e. The fourth-order valence-corrected chi connectivity index (χ4v) is 3.11. The second-order valence-electron chi connectivity index (χ2n) is 5.38. The van der Waals surface area contributed by atoms with Crippen LogP contribution in [0.5, 0.6) is 0 Å². The summed E-state index contributed by atoms with van der Waals surface area (Å²) in [6, 6.07) is 6.20. The predicted octanol–water partition coefficient (Wildman–Crippen LogP) is 1.55. The van der Waals surface area contributed by atoms with E-state index >= 15 is 0 Å². The lowest BCUT2D eigenvalue weighted by Gasteiger charge is -2.31. The van der Waals surface area contributed by atoms with Gasteiger partial charge in [-0.3, -0.25) is 9.59 Å². The van der Waals surface area contributed by atoms with Crippen LogP contribution in [0, 0.1) is 0 Å². The quantitative estimate of drug-likeness (QED) is 0.875. The molecule has 4 heteroatoms. The van der Waals surface area contributed by atoms with Gasteiger partial charge in [0.1, 0.15) is 5.78 Å². The molecule has 1 saturated carbocycles. The molecule has 1 heterocycles. The van der Waals surface area contributed by atoms with Gasteiger partial charge in [0.2, 0.25) is 5.91 Å². The van der Waals surface area contributed by atoms with Gasteiger partial charge in [-0.05, 0) is 30.0 Å². The van der Waals surface area contributed by atoms with Crippen molar-refractivity contribution in [2.24, 2.45) is 5.73 Å². The number of anilines is 1. The van der Waals surface area contributed by atoms with E-state index in [1.807, 2.05) is 23.1 Å². The number of amides is 1. The average Bonchev–Trinajstić information content (AvgIpc) is 2.74. The molecular weight excluding hydrogens is 240 g/mol. The minimum absolute atomic E-state index is 0.156. The number of benzene rings is 1. The number of Topliss-reactive ketones (excluding diaryl/α,β-unsaturated/α-hetero) is 1. The fraction of sp³-hybridized carbons (Fsp3) is 0.467. The summed E-state index contributed by atoms with van der Waals surface area (Å²) in [5.41, 5.74) is 8.79. The Morgan fingerprint density at radius 1 is 1.21 bits per heavy atom. The third-order valence-electron chi connectivity index (χ3n) is 4.13. The molecule has 0 radical (unpaired) electrons. The van der Waals surface area contributed by atoms with Crippen molar-refractivity contribution >= 4 is 17.4 Å². The number of nitrogens with zero attached hydrogens (tertiary/aromatic N) is 1. The molecule has 1 fully saturated rings. The van der Waals surface area contributed by atoms with Crippen molar-refractivity contribution < 1.29 is 9.59 Å². The Balaban J connectivity index is 1.88. The topological polar surface area (TPSA) is 63.4 Å². The molecular formula is C15H18N2O2. The van der Waals surface area contributed by atoms with Crippen LogP contribution < -0.4 is 10.6 Å². The normalized spacial score (nSPS) is 19.9. The van der Waals surface area contributed by atoms with Crippen LogP contribution in [-0.2, 0) is 22.6 Å². The number of fused-ring (bicyclic) bond motifs is 1. The highest BCUT2D eigenvalue weighted by atomic mass is 16.2. The lowest BCUT2D eigenvalue weighted by molar-refractivity contribution is -0.122. The van der Waals surface area contributed by atoms with Crippen molar-refractivity contribution in [1.29, 1.82) is 0 Å². The number of rotatable bonds is 2. The molecule has 1 aromatic carbocycles. The smallest absolute Gasteiger partial charge is 0.231 e. The highest BCUT2D eigenvalue weighted by Gasteiger charge is 2.34. The average molecular weight is 258 g/mol. The molecule has 0 bridgehead atoms. The van der Waals surface area contributed by atoms with Crippen LogP contribution in [0.4, 0.5) is 5.69 Å². The second kappa shape index (κ2) is 4.78. The van der Waals surface area contributed by atoms with Gasteiger partial charge in [-0.25, -0.2) is 0 Å². The van der Waals surface area contributed by atoms with E-state index in [-0.39, 0.29) is 11.9 Å². The predicted molar refractivity (Wildman–Crippen MR) is 72.8 cm³/mol. The van der Waals surface area contributed by atoms with Gasteiger partial charge in [0, 0.05) is 31.1 Å². The Bertz CT molecular complexity index is 529. The number of hydrogen-bond donors (Lipinski definition) is 1. The lowest BCUT2D eigenvalue weighted by Crippen LogP contribution is -2.40. The minimum atomic E-state index is 0.156. The molecule has 1 aliphatic heterocycles. The van der Waals surface area contributed by atoms with Gasteiger partial charge in [0.05, 0.1) is 6.42 Å². The standard InChI is InChI=1S/C15H18N2O2/c16-9-10-1-6-14-11(7-10)8-15(19)17(14)12-2-4-13(18)5-3-12/h1,6-7,12H,2-5,8-9,16H2. The molecule has 1 aliphatic carbocycles. The molecule has 0 aromatic heterocycles. The molecule has 3 rings (SSSR count). The van der Waals surface area contributed by atoms with Crippen LogP contribution in [0.1, 0.15) is 36.8 Å². The highest BCUT2D eigenvalue weighted by molar-refractivity contribution is 6.02. The summed E-state index contributed by atoms with van der Waals surface area (Å²) >= 11 is 0. The van der Waals surface area contributed by atoms with Crippen LogP contribution in [-0.4, -0.2) is 17.7 Å². The maximum absolute atomic E-state index is 12.2. The number of carbonyl (C=O) groups is 2. The summed E-state index contributed by atoms with van der Waals surface area (Å²) in [6.07, 6.45) is 3.26. The molecule has 4 nitrogen and oxygen atoms in total. The van der Waals surface area contributed by atoms with E-state index in [1.165, 1.54) is 0 Å². The van der Waals surface area contributed by atoms with Gasteiger partial charge >= 0.3 is 0 Å². The zero-order valence-corrected chi connectivity index (χ0v) is 10.9. The van der Waals surface area contributed by atoms with E-state index in [4.69, 9.17) is 5.73 Å². The molecule has 0 saturated heterocycles. The number of ketones is 1. The summed E-state index contributed by atoms with van der Waals surface area (Å²) in [5.74, 6) is 0.477. The second-order valence-corrected chi connectivity index (χ2v) is 5.38. The number of carbonyl (C=O) groups excluding carboxylic acids is 2. The zero-order valence-electron chi connectivity index (χ0n) is 10.9. The molecule has 1 aromatic rings. The Hall–Kier alpha value is -1.68. The summed E-state index contributed by atoms with van der Waals surface area (Å²) in [6.45, 7) is 0.499. The third kappa shape index (κ3) is 2.16. The molecule has 0 unspecified atom stereocenters. The molecule has 0 atom stereocenters. The van der Waals surface area contributed by atoms with Crippen LogP contribution >= 0.6 is 0 Å². The van der Waals surface area contributed by atoms with Crippen LogP contribution in [0.3, 0.4) is 0 Å². The van der Waals surface area contributed by atoms with Crippen LogP contribution in [0.15, 0.2) is 18.2 Å². The van der Waals surface area contributed by atoms with Crippen molar-refractivity contribution in [3.05, 3.63) is 29.3 Å². The largest absolute Gasteiger partial charge is 0.326 e. The van der Waals surface area contributed by atoms with Crippen molar-refractivity contribution in [3.8, 4) is 0 Å². The Morgan fingerprint density at radius 3 is 2.63 bits per heavy atom. The minimum Gasteiger partial charge on any atom is -0.326 e. The molecule has 19 heavy (non-hydrogen) atoms. The summed E-state index contributed by atoms with van der Waals surface area (Å²) in [4.78, 5) is 25.4. The fourth-order valence-electron chi connectivity index (χ4n) is 3.11. The van der Waals surface area contributed by atoms with Gasteiger partial charge in [-0.15, -0.1) is 0 Å². The first kappa shape index (κ1) is 12.4.